The standard InChI is InChI=1S/C22H17N3O4/c1-15-4-2-5-16(12-15)14-28-20-10-8-17(9-11-20)21-23-22(29-24-21)18-6-3-7-19(13-18)25(26)27/h2-13H,14H2,1H3. The fourth-order valence-electron chi connectivity index (χ4n) is 2.88. The van der Waals surface area contributed by atoms with Crippen molar-refractivity contribution in [1.29, 1.82) is 0 Å². The molecule has 0 amide bonds. The smallest absolute Gasteiger partial charge is 0.270 e. The molecule has 7 nitrogen and oxygen atoms in total. The summed E-state index contributed by atoms with van der Waals surface area (Å²) >= 11 is 0. The predicted octanol–water partition coefficient (Wildman–Crippen LogP) is 5.20. The van der Waals surface area contributed by atoms with Gasteiger partial charge in [-0.25, -0.2) is 0 Å². The highest BCUT2D eigenvalue weighted by Gasteiger charge is 2.14. The van der Waals surface area contributed by atoms with Crippen LogP contribution in [0.2, 0.25) is 0 Å². The first-order valence-electron chi connectivity index (χ1n) is 8.96. The quantitative estimate of drug-likeness (QED) is 0.334. The number of nitro benzene ring substituents is 1. The van der Waals surface area contributed by atoms with E-state index >= 15 is 0 Å². The largest absolute Gasteiger partial charge is 0.489 e. The van der Waals surface area contributed by atoms with Gasteiger partial charge in [-0.1, -0.05) is 41.1 Å². The van der Waals surface area contributed by atoms with Gasteiger partial charge in [-0.05, 0) is 42.8 Å². The molecule has 0 aliphatic rings. The maximum atomic E-state index is 10.9. The van der Waals surface area contributed by atoms with Crippen LogP contribution in [0.5, 0.6) is 5.75 Å². The highest BCUT2D eigenvalue weighted by atomic mass is 16.6. The SMILES string of the molecule is Cc1cccc(COc2ccc(-c3noc(-c4cccc([N+](=O)[O-])c4)n3)cc2)c1. The van der Waals surface area contributed by atoms with Crippen LogP contribution in [0.3, 0.4) is 0 Å². The van der Waals surface area contributed by atoms with E-state index in [1.54, 1.807) is 12.1 Å². The van der Waals surface area contributed by atoms with Gasteiger partial charge in [0.2, 0.25) is 5.82 Å². The topological polar surface area (TPSA) is 91.3 Å². The van der Waals surface area contributed by atoms with Gasteiger partial charge in [-0.2, -0.15) is 4.98 Å². The van der Waals surface area contributed by atoms with E-state index in [9.17, 15) is 10.1 Å². The second-order valence-corrected chi connectivity index (χ2v) is 6.53. The summed E-state index contributed by atoms with van der Waals surface area (Å²) in [5.74, 6) is 1.36. The van der Waals surface area contributed by atoms with Crippen LogP contribution in [0.4, 0.5) is 5.69 Å². The van der Waals surface area contributed by atoms with Gasteiger partial charge in [0.05, 0.1) is 4.92 Å². The lowest BCUT2D eigenvalue weighted by molar-refractivity contribution is -0.384. The molecule has 0 N–H and O–H groups in total. The van der Waals surface area contributed by atoms with E-state index in [2.05, 4.69) is 16.2 Å². The Morgan fingerprint density at radius 3 is 2.55 bits per heavy atom. The molecule has 0 saturated carbocycles. The first kappa shape index (κ1) is 18.4. The van der Waals surface area contributed by atoms with Gasteiger partial charge in [0.15, 0.2) is 0 Å². The summed E-state index contributed by atoms with van der Waals surface area (Å²) in [6, 6.07) is 21.6. The van der Waals surface area contributed by atoms with E-state index < -0.39 is 4.92 Å². The van der Waals surface area contributed by atoms with Crippen LogP contribution < -0.4 is 4.74 Å². The lowest BCUT2D eigenvalue weighted by atomic mass is 10.1. The number of ether oxygens (including phenoxy) is 1. The average molecular weight is 387 g/mol. The predicted molar refractivity (Wildman–Crippen MR) is 107 cm³/mol. The Labute approximate surface area is 166 Å². The van der Waals surface area contributed by atoms with Gasteiger partial charge in [0.1, 0.15) is 12.4 Å². The maximum Gasteiger partial charge on any atom is 0.270 e. The summed E-state index contributed by atoms with van der Waals surface area (Å²) in [7, 11) is 0. The van der Waals surface area contributed by atoms with Gasteiger partial charge in [-0.15, -0.1) is 0 Å². The van der Waals surface area contributed by atoms with Crippen LogP contribution in [0.25, 0.3) is 22.8 Å². The molecule has 0 atom stereocenters. The molecule has 3 aromatic carbocycles. The third kappa shape index (κ3) is 4.30. The molecule has 144 valence electrons. The first-order chi connectivity index (χ1) is 14.1. The van der Waals surface area contributed by atoms with Gasteiger partial charge in [-0.3, -0.25) is 10.1 Å². The van der Waals surface area contributed by atoms with Gasteiger partial charge >= 0.3 is 0 Å². The number of aromatic nitrogens is 2. The summed E-state index contributed by atoms with van der Waals surface area (Å²) in [6.45, 7) is 2.53. The molecule has 0 fully saturated rings. The third-order valence-corrected chi connectivity index (χ3v) is 4.33. The molecule has 1 aromatic heterocycles. The van der Waals surface area contributed by atoms with Crippen molar-refractivity contribution in [3.63, 3.8) is 0 Å². The second-order valence-electron chi connectivity index (χ2n) is 6.53. The number of nitrogens with zero attached hydrogens (tertiary/aromatic N) is 3. The molecular formula is C22H17N3O4. The molecule has 1 heterocycles. The molecule has 4 rings (SSSR count). The molecule has 0 bridgehead atoms. The van der Waals surface area contributed by atoms with Crippen LogP contribution in [-0.4, -0.2) is 15.1 Å². The van der Waals surface area contributed by atoms with Crippen LogP contribution in [0.1, 0.15) is 11.1 Å². The fraction of sp³-hybridized carbons (Fsp3) is 0.0909. The van der Waals surface area contributed by atoms with Gasteiger partial charge < -0.3 is 9.26 Å². The number of aryl methyl sites for hydroxylation is 1. The zero-order valence-electron chi connectivity index (χ0n) is 15.6. The van der Waals surface area contributed by atoms with Crippen molar-refractivity contribution in [3.8, 4) is 28.6 Å². The molecule has 0 spiro atoms. The van der Waals surface area contributed by atoms with E-state index in [1.807, 2.05) is 49.4 Å². The Hall–Kier alpha value is -4.00. The Morgan fingerprint density at radius 2 is 1.79 bits per heavy atom. The Bertz CT molecular complexity index is 1150. The molecule has 0 aliphatic heterocycles. The maximum absolute atomic E-state index is 10.9. The number of benzene rings is 3. The second kappa shape index (κ2) is 7.93. The minimum atomic E-state index is -0.462. The van der Waals surface area contributed by atoms with E-state index in [0.717, 1.165) is 16.9 Å². The fourth-order valence-corrected chi connectivity index (χ4v) is 2.88. The molecule has 29 heavy (non-hydrogen) atoms. The molecule has 4 aromatic rings. The summed E-state index contributed by atoms with van der Waals surface area (Å²) in [5.41, 5.74) is 3.52. The summed E-state index contributed by atoms with van der Waals surface area (Å²) in [4.78, 5) is 14.8. The van der Waals surface area contributed by atoms with Crippen molar-refractivity contribution in [2.45, 2.75) is 13.5 Å². The Kier molecular flexibility index (Phi) is 5.03. The number of hydrogen-bond acceptors (Lipinski definition) is 6. The number of non-ortho nitro benzene ring substituents is 1. The lowest BCUT2D eigenvalue weighted by Gasteiger charge is -2.07. The third-order valence-electron chi connectivity index (χ3n) is 4.33. The first-order valence-corrected chi connectivity index (χ1v) is 8.96. The van der Waals surface area contributed by atoms with Crippen molar-refractivity contribution in [2.75, 3.05) is 0 Å². The summed E-state index contributed by atoms with van der Waals surface area (Å²) < 4.78 is 11.1. The Balaban J connectivity index is 1.47. The summed E-state index contributed by atoms with van der Waals surface area (Å²) in [5, 5.41) is 14.9. The van der Waals surface area contributed by atoms with E-state index in [4.69, 9.17) is 9.26 Å². The van der Waals surface area contributed by atoms with Gasteiger partial charge in [0.25, 0.3) is 11.6 Å². The van der Waals surface area contributed by atoms with Crippen molar-refractivity contribution in [1.82, 2.24) is 10.1 Å². The van der Waals surface area contributed by atoms with Crippen molar-refractivity contribution in [2.24, 2.45) is 0 Å². The minimum absolute atomic E-state index is 0.0302. The normalized spacial score (nSPS) is 10.7. The minimum Gasteiger partial charge on any atom is -0.489 e. The molecule has 7 heteroatoms. The molecular weight excluding hydrogens is 370 g/mol. The zero-order chi connectivity index (χ0) is 20.2. The highest BCUT2D eigenvalue weighted by molar-refractivity contribution is 5.62. The van der Waals surface area contributed by atoms with E-state index in [-0.39, 0.29) is 11.6 Å². The van der Waals surface area contributed by atoms with Crippen LogP contribution in [-0.2, 0) is 6.61 Å². The number of nitro groups is 1. The number of hydrogen-bond donors (Lipinski definition) is 0. The molecule has 0 aliphatic carbocycles. The highest BCUT2D eigenvalue weighted by Crippen LogP contribution is 2.26. The average Bonchev–Trinajstić information content (AvgIpc) is 3.23. The van der Waals surface area contributed by atoms with Crippen molar-refractivity contribution in [3.05, 3.63) is 94.0 Å². The molecule has 0 unspecified atom stereocenters. The van der Waals surface area contributed by atoms with Crippen LogP contribution in [0, 0.1) is 17.0 Å². The van der Waals surface area contributed by atoms with Crippen LogP contribution >= 0.6 is 0 Å². The monoisotopic (exact) mass is 387 g/mol. The molecule has 0 saturated heterocycles. The van der Waals surface area contributed by atoms with Crippen molar-refractivity contribution < 1.29 is 14.2 Å². The van der Waals surface area contributed by atoms with E-state index in [0.29, 0.717) is 18.0 Å². The Morgan fingerprint density at radius 1 is 1.00 bits per heavy atom. The zero-order valence-corrected chi connectivity index (χ0v) is 15.6. The van der Waals surface area contributed by atoms with E-state index in [1.165, 1.54) is 17.7 Å². The van der Waals surface area contributed by atoms with Crippen molar-refractivity contribution >= 4 is 5.69 Å². The summed E-state index contributed by atoms with van der Waals surface area (Å²) in [6.07, 6.45) is 0. The lowest BCUT2D eigenvalue weighted by Crippen LogP contribution is -1.95. The van der Waals surface area contributed by atoms with Gasteiger partial charge in [0, 0.05) is 23.3 Å². The van der Waals surface area contributed by atoms with Crippen LogP contribution in [0.15, 0.2) is 77.3 Å². The number of rotatable bonds is 6. The molecule has 0 radical (unpaired) electrons.